The van der Waals surface area contributed by atoms with Crippen LogP contribution < -0.4 is 0 Å². The average molecular weight is 214 g/mol. The molecular formula is C11H18O2S. The minimum absolute atomic E-state index is 0.0719. The molecule has 0 aliphatic heterocycles. The summed E-state index contributed by atoms with van der Waals surface area (Å²) in [5.41, 5.74) is 1.15. The maximum Gasteiger partial charge on any atom is 0.114 e. The molecule has 3 heteroatoms. The predicted molar refractivity (Wildman–Crippen MR) is 59.7 cm³/mol. The van der Waals surface area contributed by atoms with Crippen LogP contribution >= 0.6 is 11.3 Å². The Morgan fingerprint density at radius 2 is 2.29 bits per heavy atom. The second-order valence-electron chi connectivity index (χ2n) is 3.48. The Hall–Kier alpha value is -0.380. The van der Waals surface area contributed by atoms with Crippen molar-refractivity contribution in [2.45, 2.75) is 38.9 Å². The van der Waals surface area contributed by atoms with Crippen molar-refractivity contribution in [2.24, 2.45) is 0 Å². The molecule has 2 atom stereocenters. The number of hydrogen-bond acceptors (Lipinski definition) is 3. The first-order valence-corrected chi connectivity index (χ1v) is 5.83. The van der Waals surface area contributed by atoms with E-state index in [1.165, 1.54) is 0 Å². The molecule has 0 aliphatic carbocycles. The van der Waals surface area contributed by atoms with E-state index >= 15 is 0 Å². The minimum atomic E-state index is -0.472. The first-order chi connectivity index (χ1) is 6.70. The SMILES string of the molecule is CCCC(OC)C(O)c1sccc1C. The van der Waals surface area contributed by atoms with Crippen LogP contribution in [0, 0.1) is 6.92 Å². The number of hydrogen-bond donors (Lipinski definition) is 1. The number of methoxy groups -OCH3 is 1. The lowest BCUT2D eigenvalue weighted by atomic mass is 10.1. The van der Waals surface area contributed by atoms with E-state index in [1.54, 1.807) is 18.4 Å². The molecule has 1 rings (SSSR count). The fourth-order valence-corrected chi connectivity index (χ4v) is 2.51. The molecule has 0 saturated heterocycles. The third kappa shape index (κ3) is 2.56. The van der Waals surface area contributed by atoms with E-state index in [4.69, 9.17) is 4.74 Å². The number of aliphatic hydroxyl groups is 1. The highest BCUT2D eigenvalue weighted by atomic mass is 32.1. The number of aliphatic hydroxyl groups excluding tert-OH is 1. The molecular weight excluding hydrogens is 196 g/mol. The second kappa shape index (κ2) is 5.49. The summed E-state index contributed by atoms with van der Waals surface area (Å²) >= 11 is 1.60. The Morgan fingerprint density at radius 1 is 1.57 bits per heavy atom. The van der Waals surface area contributed by atoms with Crippen molar-refractivity contribution in [2.75, 3.05) is 7.11 Å². The van der Waals surface area contributed by atoms with Crippen molar-refractivity contribution in [3.05, 3.63) is 21.9 Å². The van der Waals surface area contributed by atoms with Gasteiger partial charge in [-0.3, -0.25) is 0 Å². The van der Waals surface area contributed by atoms with Crippen LogP contribution in [-0.4, -0.2) is 18.3 Å². The van der Waals surface area contributed by atoms with Gasteiger partial charge in [0.05, 0.1) is 6.10 Å². The summed E-state index contributed by atoms with van der Waals surface area (Å²) in [6.45, 7) is 4.12. The van der Waals surface area contributed by atoms with Gasteiger partial charge < -0.3 is 9.84 Å². The molecule has 1 aromatic rings. The zero-order chi connectivity index (χ0) is 10.6. The van der Waals surface area contributed by atoms with Gasteiger partial charge in [-0.2, -0.15) is 0 Å². The monoisotopic (exact) mass is 214 g/mol. The highest BCUT2D eigenvalue weighted by Gasteiger charge is 2.21. The lowest BCUT2D eigenvalue weighted by molar-refractivity contribution is -0.0164. The molecule has 0 aromatic carbocycles. The summed E-state index contributed by atoms with van der Waals surface area (Å²) in [5.74, 6) is 0. The van der Waals surface area contributed by atoms with Crippen molar-refractivity contribution < 1.29 is 9.84 Å². The molecule has 0 aliphatic rings. The average Bonchev–Trinajstić information content (AvgIpc) is 2.59. The van der Waals surface area contributed by atoms with E-state index in [2.05, 4.69) is 6.92 Å². The Bertz CT molecular complexity index is 270. The number of ether oxygens (including phenoxy) is 1. The maximum atomic E-state index is 10.1. The standard InChI is InChI=1S/C11H18O2S/c1-4-5-9(13-3)10(12)11-8(2)6-7-14-11/h6-7,9-10,12H,4-5H2,1-3H3. The smallest absolute Gasteiger partial charge is 0.114 e. The molecule has 0 radical (unpaired) electrons. The van der Waals surface area contributed by atoms with E-state index in [9.17, 15) is 5.11 Å². The van der Waals surface area contributed by atoms with E-state index in [0.717, 1.165) is 23.3 Å². The van der Waals surface area contributed by atoms with Gasteiger partial charge in [-0.05, 0) is 30.4 Å². The fraction of sp³-hybridized carbons (Fsp3) is 0.636. The summed E-state index contributed by atoms with van der Waals surface area (Å²) in [6.07, 6.45) is 1.38. The van der Waals surface area contributed by atoms with E-state index in [-0.39, 0.29) is 6.10 Å². The van der Waals surface area contributed by atoms with Gasteiger partial charge in [-0.1, -0.05) is 13.3 Å². The molecule has 1 N–H and O–H groups in total. The summed E-state index contributed by atoms with van der Waals surface area (Å²) in [6, 6.07) is 2.03. The first kappa shape index (κ1) is 11.7. The van der Waals surface area contributed by atoms with Gasteiger partial charge in [0.2, 0.25) is 0 Å². The number of rotatable bonds is 5. The molecule has 2 nitrogen and oxygen atoms in total. The molecule has 0 spiro atoms. The van der Waals surface area contributed by atoms with Crippen LogP contribution in [0.4, 0.5) is 0 Å². The van der Waals surface area contributed by atoms with Gasteiger partial charge in [-0.15, -0.1) is 11.3 Å². The fourth-order valence-electron chi connectivity index (χ4n) is 1.55. The topological polar surface area (TPSA) is 29.5 Å². The van der Waals surface area contributed by atoms with Crippen LogP contribution in [0.25, 0.3) is 0 Å². The zero-order valence-electron chi connectivity index (χ0n) is 8.99. The molecule has 80 valence electrons. The molecule has 0 saturated carbocycles. The summed E-state index contributed by atoms with van der Waals surface area (Å²) in [5, 5.41) is 12.1. The van der Waals surface area contributed by atoms with Crippen molar-refractivity contribution in [3.8, 4) is 0 Å². The predicted octanol–water partition coefficient (Wildman–Crippen LogP) is 2.91. The Morgan fingerprint density at radius 3 is 2.71 bits per heavy atom. The van der Waals surface area contributed by atoms with Crippen LogP contribution in [0.3, 0.4) is 0 Å². The largest absolute Gasteiger partial charge is 0.385 e. The highest BCUT2D eigenvalue weighted by Crippen LogP contribution is 2.29. The van der Waals surface area contributed by atoms with Crippen molar-refractivity contribution in [3.63, 3.8) is 0 Å². The van der Waals surface area contributed by atoms with E-state index in [1.807, 2.05) is 18.4 Å². The minimum Gasteiger partial charge on any atom is -0.385 e. The van der Waals surface area contributed by atoms with Gasteiger partial charge in [0.1, 0.15) is 6.10 Å². The third-order valence-corrected chi connectivity index (χ3v) is 3.49. The lowest BCUT2D eigenvalue weighted by Gasteiger charge is -2.20. The van der Waals surface area contributed by atoms with Crippen molar-refractivity contribution >= 4 is 11.3 Å². The van der Waals surface area contributed by atoms with Crippen LogP contribution in [0.15, 0.2) is 11.4 Å². The van der Waals surface area contributed by atoms with Gasteiger partial charge in [0, 0.05) is 12.0 Å². The van der Waals surface area contributed by atoms with Gasteiger partial charge in [0.15, 0.2) is 0 Å². The van der Waals surface area contributed by atoms with Gasteiger partial charge >= 0.3 is 0 Å². The highest BCUT2D eigenvalue weighted by molar-refractivity contribution is 7.10. The lowest BCUT2D eigenvalue weighted by Crippen LogP contribution is -2.20. The normalized spacial score (nSPS) is 15.4. The number of aryl methyl sites for hydroxylation is 1. The Kier molecular flexibility index (Phi) is 4.58. The van der Waals surface area contributed by atoms with Gasteiger partial charge in [0.25, 0.3) is 0 Å². The summed E-state index contributed by atoms with van der Waals surface area (Å²) in [4.78, 5) is 1.03. The molecule has 0 fully saturated rings. The molecule has 0 amide bonds. The van der Waals surface area contributed by atoms with E-state index in [0.29, 0.717) is 0 Å². The molecule has 1 heterocycles. The molecule has 2 unspecified atom stereocenters. The van der Waals surface area contributed by atoms with Crippen LogP contribution in [0.2, 0.25) is 0 Å². The second-order valence-corrected chi connectivity index (χ2v) is 4.42. The Labute approximate surface area is 89.5 Å². The van der Waals surface area contributed by atoms with Gasteiger partial charge in [-0.25, -0.2) is 0 Å². The zero-order valence-corrected chi connectivity index (χ0v) is 9.80. The molecule has 14 heavy (non-hydrogen) atoms. The molecule has 0 bridgehead atoms. The summed E-state index contributed by atoms with van der Waals surface area (Å²) < 4.78 is 5.29. The Balaban J connectivity index is 2.72. The van der Waals surface area contributed by atoms with Crippen LogP contribution in [-0.2, 0) is 4.74 Å². The third-order valence-electron chi connectivity index (χ3n) is 2.40. The van der Waals surface area contributed by atoms with Crippen LogP contribution in [0.5, 0.6) is 0 Å². The van der Waals surface area contributed by atoms with Crippen molar-refractivity contribution in [1.29, 1.82) is 0 Å². The van der Waals surface area contributed by atoms with Crippen LogP contribution in [0.1, 0.15) is 36.3 Å². The first-order valence-electron chi connectivity index (χ1n) is 4.95. The number of thiophene rings is 1. The maximum absolute atomic E-state index is 10.1. The quantitative estimate of drug-likeness (QED) is 0.816. The van der Waals surface area contributed by atoms with Crippen molar-refractivity contribution in [1.82, 2.24) is 0 Å². The molecule has 1 aromatic heterocycles. The van der Waals surface area contributed by atoms with E-state index < -0.39 is 6.10 Å². The summed E-state index contributed by atoms with van der Waals surface area (Å²) in [7, 11) is 1.66.